The van der Waals surface area contributed by atoms with Crippen LogP contribution in [0.2, 0.25) is 5.15 Å². The van der Waals surface area contributed by atoms with Crippen LogP contribution in [-0.2, 0) is 6.18 Å². The van der Waals surface area contributed by atoms with Crippen molar-refractivity contribution in [1.29, 1.82) is 0 Å². The average Bonchev–Trinajstić information content (AvgIpc) is 3.05. The molecule has 1 aliphatic rings. The molecule has 0 bridgehead atoms. The molecule has 1 aromatic heterocycles. The molecule has 2 aromatic rings. The van der Waals surface area contributed by atoms with Crippen molar-refractivity contribution < 1.29 is 13.2 Å². The van der Waals surface area contributed by atoms with Gasteiger partial charge in [-0.25, -0.2) is 9.97 Å². The number of hydrogen-bond acceptors (Lipinski definition) is 3. The Balaban J connectivity index is 1.93. The molecular formula is C17H17ClF3N3. The van der Waals surface area contributed by atoms with Crippen molar-refractivity contribution in [2.75, 3.05) is 11.9 Å². The molecule has 1 fully saturated rings. The van der Waals surface area contributed by atoms with Crippen molar-refractivity contribution in [3.8, 4) is 11.3 Å². The van der Waals surface area contributed by atoms with Gasteiger partial charge in [0.2, 0.25) is 0 Å². The lowest BCUT2D eigenvalue weighted by Gasteiger charge is -2.17. The highest BCUT2D eigenvalue weighted by Gasteiger charge is 2.31. The Morgan fingerprint density at radius 2 is 1.88 bits per heavy atom. The van der Waals surface area contributed by atoms with E-state index in [1.807, 2.05) is 0 Å². The maximum absolute atomic E-state index is 13.0. The van der Waals surface area contributed by atoms with Crippen LogP contribution < -0.4 is 5.32 Å². The number of benzene rings is 1. The van der Waals surface area contributed by atoms with Gasteiger partial charge in [-0.1, -0.05) is 30.5 Å². The van der Waals surface area contributed by atoms with E-state index in [2.05, 4.69) is 15.3 Å². The lowest BCUT2D eigenvalue weighted by Crippen LogP contribution is -2.13. The number of aromatic nitrogens is 2. The minimum Gasteiger partial charge on any atom is -0.384 e. The highest BCUT2D eigenvalue weighted by molar-refractivity contribution is 6.29. The smallest absolute Gasteiger partial charge is 0.384 e. The van der Waals surface area contributed by atoms with Crippen LogP contribution in [0.5, 0.6) is 0 Å². The van der Waals surface area contributed by atoms with E-state index in [-0.39, 0.29) is 5.15 Å². The van der Waals surface area contributed by atoms with E-state index in [9.17, 15) is 13.2 Å². The lowest BCUT2D eigenvalue weighted by molar-refractivity contribution is -0.137. The largest absolute Gasteiger partial charge is 0.416 e. The Morgan fingerprint density at radius 3 is 2.54 bits per heavy atom. The molecule has 1 saturated carbocycles. The molecule has 1 N–H and O–H groups in total. The first-order valence-corrected chi connectivity index (χ1v) is 8.24. The molecule has 1 aliphatic carbocycles. The quantitative estimate of drug-likeness (QED) is 0.744. The van der Waals surface area contributed by atoms with E-state index in [4.69, 9.17) is 11.6 Å². The van der Waals surface area contributed by atoms with Gasteiger partial charge in [0, 0.05) is 23.9 Å². The van der Waals surface area contributed by atoms with Crippen LogP contribution in [0.3, 0.4) is 0 Å². The Kier molecular flexibility index (Phi) is 4.94. The average molecular weight is 356 g/mol. The number of anilines is 1. The van der Waals surface area contributed by atoms with E-state index in [0.717, 1.165) is 25.0 Å². The van der Waals surface area contributed by atoms with E-state index < -0.39 is 11.7 Å². The molecule has 0 saturated heterocycles. The van der Waals surface area contributed by atoms with E-state index in [0.29, 0.717) is 29.4 Å². The van der Waals surface area contributed by atoms with Gasteiger partial charge in [0.15, 0.2) is 0 Å². The Hall–Kier alpha value is -1.82. The first-order chi connectivity index (χ1) is 11.4. The fourth-order valence-corrected chi connectivity index (χ4v) is 3.19. The lowest BCUT2D eigenvalue weighted by atomic mass is 10.0. The van der Waals surface area contributed by atoms with E-state index in [1.54, 1.807) is 6.07 Å². The third kappa shape index (κ3) is 3.98. The fourth-order valence-electron chi connectivity index (χ4n) is 3.04. The molecule has 0 atom stereocenters. The molecule has 0 amide bonds. The summed E-state index contributed by atoms with van der Waals surface area (Å²) in [4.78, 5) is 7.94. The molecule has 3 rings (SSSR count). The van der Waals surface area contributed by atoms with Crippen LogP contribution in [0.1, 0.15) is 31.2 Å². The Morgan fingerprint density at radius 1 is 1.12 bits per heavy atom. The highest BCUT2D eigenvalue weighted by Crippen LogP contribution is 2.36. The second-order valence-corrected chi connectivity index (χ2v) is 6.40. The van der Waals surface area contributed by atoms with Gasteiger partial charge in [-0.2, -0.15) is 13.2 Å². The molecule has 0 spiro atoms. The van der Waals surface area contributed by atoms with Crippen LogP contribution in [0.15, 0.2) is 30.6 Å². The number of rotatable bonds is 4. The summed E-state index contributed by atoms with van der Waals surface area (Å²) in [5.41, 5.74) is 0.828. The molecule has 0 aliphatic heterocycles. The third-order valence-corrected chi connectivity index (χ3v) is 4.52. The van der Waals surface area contributed by atoms with Crippen molar-refractivity contribution in [3.05, 3.63) is 41.3 Å². The second kappa shape index (κ2) is 6.97. The predicted molar refractivity (Wildman–Crippen MR) is 87.9 cm³/mol. The van der Waals surface area contributed by atoms with Gasteiger partial charge in [-0.15, -0.1) is 0 Å². The summed E-state index contributed by atoms with van der Waals surface area (Å²) in [6.45, 7) is 0.660. The summed E-state index contributed by atoms with van der Waals surface area (Å²) < 4.78 is 39.1. The van der Waals surface area contributed by atoms with Crippen molar-refractivity contribution in [1.82, 2.24) is 9.97 Å². The molecule has 24 heavy (non-hydrogen) atoms. The number of halogens is 4. The minimum absolute atomic E-state index is 0.252. The summed E-state index contributed by atoms with van der Waals surface area (Å²) in [6.07, 6.45) is 1.51. The molecule has 7 heteroatoms. The SMILES string of the molecule is FC(F)(F)c1ccc(-c2cc(Cl)ncn2)c(NCC2CCCC2)c1. The zero-order chi connectivity index (χ0) is 17.2. The molecule has 1 aromatic carbocycles. The molecule has 1 heterocycles. The fraction of sp³-hybridized carbons (Fsp3) is 0.412. The van der Waals surface area contributed by atoms with Crippen LogP contribution in [0.4, 0.5) is 18.9 Å². The third-order valence-electron chi connectivity index (χ3n) is 4.31. The summed E-state index contributed by atoms with van der Waals surface area (Å²) in [5.74, 6) is 0.501. The number of nitrogens with zero attached hydrogens (tertiary/aromatic N) is 2. The van der Waals surface area contributed by atoms with Crippen LogP contribution in [-0.4, -0.2) is 16.5 Å². The number of hydrogen-bond donors (Lipinski definition) is 1. The van der Waals surface area contributed by atoms with E-state index in [1.165, 1.54) is 25.2 Å². The first-order valence-electron chi connectivity index (χ1n) is 7.86. The number of nitrogens with one attached hydrogen (secondary N) is 1. The zero-order valence-corrected chi connectivity index (χ0v) is 13.7. The molecular weight excluding hydrogens is 339 g/mol. The topological polar surface area (TPSA) is 37.8 Å². The van der Waals surface area contributed by atoms with Gasteiger partial charge in [0.1, 0.15) is 11.5 Å². The van der Waals surface area contributed by atoms with Crippen molar-refractivity contribution in [2.24, 2.45) is 5.92 Å². The molecule has 128 valence electrons. The van der Waals surface area contributed by atoms with E-state index >= 15 is 0 Å². The monoisotopic (exact) mass is 355 g/mol. The predicted octanol–water partition coefficient (Wildman–Crippen LogP) is 5.42. The normalized spacial score (nSPS) is 15.7. The maximum Gasteiger partial charge on any atom is 0.416 e. The van der Waals surface area contributed by atoms with Gasteiger partial charge in [-0.05, 0) is 30.9 Å². The summed E-state index contributed by atoms with van der Waals surface area (Å²) in [5, 5.41) is 3.43. The van der Waals surface area contributed by atoms with Crippen molar-refractivity contribution in [3.63, 3.8) is 0 Å². The highest BCUT2D eigenvalue weighted by atomic mass is 35.5. The van der Waals surface area contributed by atoms with Gasteiger partial charge >= 0.3 is 6.18 Å². The van der Waals surface area contributed by atoms with Crippen molar-refractivity contribution in [2.45, 2.75) is 31.9 Å². The van der Waals surface area contributed by atoms with Crippen LogP contribution in [0.25, 0.3) is 11.3 Å². The summed E-state index contributed by atoms with van der Waals surface area (Å²) in [6, 6.07) is 5.18. The van der Waals surface area contributed by atoms with Gasteiger partial charge in [0.05, 0.1) is 11.3 Å². The van der Waals surface area contributed by atoms with Crippen LogP contribution in [0, 0.1) is 5.92 Å². The maximum atomic E-state index is 13.0. The summed E-state index contributed by atoms with van der Waals surface area (Å²) in [7, 11) is 0. The van der Waals surface area contributed by atoms with Crippen molar-refractivity contribution >= 4 is 17.3 Å². The van der Waals surface area contributed by atoms with Gasteiger partial charge in [-0.3, -0.25) is 0 Å². The molecule has 3 nitrogen and oxygen atoms in total. The Bertz CT molecular complexity index is 712. The number of alkyl halides is 3. The zero-order valence-electron chi connectivity index (χ0n) is 12.9. The Labute approximate surface area is 143 Å². The first kappa shape index (κ1) is 17.0. The molecule has 0 radical (unpaired) electrons. The minimum atomic E-state index is -4.38. The standard InChI is InChI=1S/C17H17ClF3N3/c18-16-8-15(23-10-24-16)13-6-5-12(17(19,20)21)7-14(13)22-9-11-3-1-2-4-11/h5-8,10-11,22H,1-4,9H2. The molecule has 0 unspecified atom stereocenters. The summed E-state index contributed by atoms with van der Waals surface area (Å²) >= 11 is 5.88. The van der Waals surface area contributed by atoms with Crippen LogP contribution >= 0.6 is 11.6 Å². The second-order valence-electron chi connectivity index (χ2n) is 6.02. The van der Waals surface area contributed by atoms with Gasteiger partial charge in [0.25, 0.3) is 0 Å². The van der Waals surface area contributed by atoms with Gasteiger partial charge < -0.3 is 5.32 Å².